The molecule has 0 aliphatic rings. The molecule has 0 aliphatic carbocycles. The third-order valence-corrected chi connectivity index (χ3v) is 3.32. The number of thioether (sulfide) groups is 1. The minimum absolute atomic E-state index is 0.214. The van der Waals surface area contributed by atoms with Crippen LogP contribution < -0.4 is 16.6 Å². The van der Waals surface area contributed by atoms with E-state index >= 15 is 0 Å². The van der Waals surface area contributed by atoms with Crippen molar-refractivity contribution in [2.45, 2.75) is 18.6 Å². The summed E-state index contributed by atoms with van der Waals surface area (Å²) in [5.41, 5.74) is 2.64. The number of carbonyl (C=O) groups is 1. The van der Waals surface area contributed by atoms with E-state index in [0.29, 0.717) is 23.3 Å². The maximum Gasteiger partial charge on any atom is 0.271 e. The predicted molar refractivity (Wildman–Crippen MR) is 69.8 cm³/mol. The smallest absolute Gasteiger partial charge is 0.271 e. The number of amides is 1. The first kappa shape index (κ1) is 13.7. The van der Waals surface area contributed by atoms with Crippen LogP contribution in [-0.4, -0.2) is 34.2 Å². The number of nitrogens with two attached hydrogens (primary N) is 1. The van der Waals surface area contributed by atoms with Gasteiger partial charge in [-0.05, 0) is 24.8 Å². The van der Waals surface area contributed by atoms with Crippen LogP contribution in [0.1, 0.15) is 23.8 Å². The summed E-state index contributed by atoms with van der Waals surface area (Å²) in [6.45, 7) is 2.76. The number of aromatic nitrogens is 2. The average Bonchev–Trinajstić information content (AvgIpc) is 2.38. The van der Waals surface area contributed by atoms with Crippen LogP contribution in [0.25, 0.3) is 0 Å². The highest BCUT2D eigenvalue weighted by molar-refractivity contribution is 7.99. The van der Waals surface area contributed by atoms with Crippen molar-refractivity contribution >= 4 is 23.5 Å². The molecule has 4 N–H and O–H groups in total. The van der Waals surface area contributed by atoms with Gasteiger partial charge in [-0.2, -0.15) is 11.8 Å². The second-order valence-electron chi connectivity index (χ2n) is 3.54. The van der Waals surface area contributed by atoms with Gasteiger partial charge in [0.25, 0.3) is 5.91 Å². The molecule has 0 saturated heterocycles. The van der Waals surface area contributed by atoms with Crippen molar-refractivity contribution in [1.82, 2.24) is 15.5 Å². The Labute approximate surface area is 105 Å². The van der Waals surface area contributed by atoms with E-state index in [1.165, 1.54) is 0 Å². The summed E-state index contributed by atoms with van der Waals surface area (Å²) in [6.07, 6.45) is 2.99. The van der Waals surface area contributed by atoms with Crippen LogP contribution in [0.4, 0.5) is 5.82 Å². The highest BCUT2D eigenvalue weighted by Crippen LogP contribution is 2.08. The van der Waals surface area contributed by atoms with E-state index in [9.17, 15) is 4.79 Å². The van der Waals surface area contributed by atoms with Gasteiger partial charge in [0.15, 0.2) is 11.5 Å². The van der Waals surface area contributed by atoms with Crippen molar-refractivity contribution in [2.75, 3.05) is 18.2 Å². The fraction of sp³-hybridized carbons (Fsp3) is 0.500. The van der Waals surface area contributed by atoms with E-state index in [1.54, 1.807) is 23.9 Å². The monoisotopic (exact) mass is 255 g/mol. The molecule has 1 aromatic rings. The van der Waals surface area contributed by atoms with Crippen molar-refractivity contribution in [3.63, 3.8) is 0 Å². The quantitative estimate of drug-likeness (QED) is 0.510. The molecule has 1 atom stereocenters. The summed E-state index contributed by atoms with van der Waals surface area (Å²) in [6, 6.07) is 3.18. The van der Waals surface area contributed by atoms with E-state index in [4.69, 9.17) is 5.84 Å². The summed E-state index contributed by atoms with van der Waals surface area (Å²) in [5, 5.41) is 10.8. The normalized spacial score (nSPS) is 11.9. The lowest BCUT2D eigenvalue weighted by Gasteiger charge is -2.08. The first-order chi connectivity index (χ1) is 8.17. The largest absolute Gasteiger partial charge is 0.351 e. The van der Waals surface area contributed by atoms with Crippen LogP contribution in [0.3, 0.4) is 0 Å². The van der Waals surface area contributed by atoms with Crippen LogP contribution in [-0.2, 0) is 0 Å². The number of nitrogens with zero attached hydrogens (tertiary/aromatic N) is 2. The summed E-state index contributed by atoms with van der Waals surface area (Å²) < 4.78 is 0. The molecule has 0 spiro atoms. The first-order valence-corrected chi connectivity index (χ1v) is 6.57. The Morgan fingerprint density at radius 3 is 2.82 bits per heavy atom. The maximum atomic E-state index is 11.6. The molecule has 0 radical (unpaired) electrons. The highest BCUT2D eigenvalue weighted by atomic mass is 32.2. The number of hydrogen-bond donors (Lipinski definition) is 3. The number of nitrogens with one attached hydrogen (secondary N) is 2. The number of rotatable bonds is 6. The molecule has 7 heteroatoms. The Balaban J connectivity index is 2.41. The molecule has 1 rings (SSSR count). The molecule has 0 saturated carbocycles. The average molecular weight is 255 g/mol. The Morgan fingerprint density at radius 2 is 2.29 bits per heavy atom. The molecule has 1 aromatic heterocycles. The minimum atomic E-state index is -0.214. The Bertz CT molecular complexity index is 356. The van der Waals surface area contributed by atoms with E-state index in [2.05, 4.69) is 34.1 Å². The van der Waals surface area contributed by atoms with Gasteiger partial charge in [-0.25, -0.2) is 5.84 Å². The second kappa shape index (κ2) is 7.08. The zero-order valence-corrected chi connectivity index (χ0v) is 10.8. The van der Waals surface area contributed by atoms with Gasteiger partial charge < -0.3 is 10.7 Å². The molecule has 0 aliphatic heterocycles. The van der Waals surface area contributed by atoms with E-state index < -0.39 is 0 Å². The molecule has 1 unspecified atom stereocenters. The minimum Gasteiger partial charge on any atom is -0.351 e. The molecule has 94 valence electrons. The van der Waals surface area contributed by atoms with E-state index in [1.807, 2.05) is 0 Å². The first-order valence-electron chi connectivity index (χ1n) is 5.28. The molecule has 0 aromatic carbocycles. The van der Waals surface area contributed by atoms with Gasteiger partial charge in [0.2, 0.25) is 0 Å². The number of anilines is 1. The Kier molecular flexibility index (Phi) is 5.71. The zero-order chi connectivity index (χ0) is 12.7. The molecular formula is C10H17N5OS. The highest BCUT2D eigenvalue weighted by Gasteiger charge is 2.08. The fourth-order valence-corrected chi connectivity index (χ4v) is 1.48. The number of carbonyl (C=O) groups excluding carboxylic acids is 1. The summed E-state index contributed by atoms with van der Waals surface area (Å²) >= 11 is 1.78. The topological polar surface area (TPSA) is 92.9 Å². The summed E-state index contributed by atoms with van der Waals surface area (Å²) in [5.74, 6) is 5.36. The third kappa shape index (κ3) is 4.58. The standard InChI is InChI=1S/C10H17N5OS/c1-7(17-2)5-6-12-10(16)8-3-4-9(13-11)15-14-8/h3-4,7H,5-6,11H2,1-2H3,(H,12,16)(H,13,15). The van der Waals surface area contributed by atoms with Gasteiger partial charge >= 0.3 is 0 Å². The molecule has 0 bridgehead atoms. The van der Waals surface area contributed by atoms with Gasteiger partial charge in [-0.3, -0.25) is 4.79 Å². The lowest BCUT2D eigenvalue weighted by atomic mass is 10.3. The van der Waals surface area contributed by atoms with Crippen LogP contribution in [0.15, 0.2) is 12.1 Å². The predicted octanol–water partition coefficient (Wildman–Crippen LogP) is 0.634. The number of nitrogen functional groups attached to an aromatic ring is 1. The van der Waals surface area contributed by atoms with Crippen molar-refractivity contribution in [3.05, 3.63) is 17.8 Å². The van der Waals surface area contributed by atoms with Crippen LogP contribution in [0.2, 0.25) is 0 Å². The van der Waals surface area contributed by atoms with Crippen molar-refractivity contribution in [3.8, 4) is 0 Å². The van der Waals surface area contributed by atoms with Gasteiger partial charge in [0.05, 0.1) is 0 Å². The molecule has 1 amide bonds. The molecule has 1 heterocycles. The van der Waals surface area contributed by atoms with Gasteiger partial charge in [-0.15, -0.1) is 10.2 Å². The number of hydrogen-bond acceptors (Lipinski definition) is 6. The molecule has 17 heavy (non-hydrogen) atoms. The van der Waals surface area contributed by atoms with E-state index in [-0.39, 0.29) is 5.91 Å². The third-order valence-electron chi connectivity index (χ3n) is 2.28. The SMILES string of the molecule is CSC(C)CCNC(=O)c1ccc(NN)nn1. The Morgan fingerprint density at radius 1 is 1.53 bits per heavy atom. The Hall–Kier alpha value is -1.34. The maximum absolute atomic E-state index is 11.6. The summed E-state index contributed by atoms with van der Waals surface area (Å²) in [4.78, 5) is 11.6. The van der Waals surface area contributed by atoms with Crippen LogP contribution in [0.5, 0.6) is 0 Å². The van der Waals surface area contributed by atoms with Crippen LogP contribution >= 0.6 is 11.8 Å². The van der Waals surface area contributed by atoms with Gasteiger partial charge in [0, 0.05) is 11.8 Å². The second-order valence-corrected chi connectivity index (χ2v) is 4.82. The molecular weight excluding hydrogens is 238 g/mol. The lowest BCUT2D eigenvalue weighted by molar-refractivity contribution is 0.0947. The van der Waals surface area contributed by atoms with Gasteiger partial charge in [0.1, 0.15) is 0 Å². The van der Waals surface area contributed by atoms with Crippen molar-refractivity contribution in [1.29, 1.82) is 0 Å². The number of hydrazine groups is 1. The van der Waals surface area contributed by atoms with Crippen molar-refractivity contribution in [2.24, 2.45) is 5.84 Å². The summed E-state index contributed by atoms with van der Waals surface area (Å²) in [7, 11) is 0. The lowest BCUT2D eigenvalue weighted by Crippen LogP contribution is -2.27. The molecule has 0 fully saturated rings. The van der Waals surface area contributed by atoms with Crippen LogP contribution in [0, 0.1) is 0 Å². The molecule has 6 nitrogen and oxygen atoms in total. The van der Waals surface area contributed by atoms with Crippen molar-refractivity contribution < 1.29 is 4.79 Å². The fourth-order valence-electron chi connectivity index (χ4n) is 1.13. The van der Waals surface area contributed by atoms with E-state index in [0.717, 1.165) is 6.42 Å². The zero-order valence-electron chi connectivity index (χ0n) is 9.93. The van der Waals surface area contributed by atoms with Gasteiger partial charge in [-0.1, -0.05) is 6.92 Å².